The molecule has 0 aliphatic rings. The van der Waals surface area contributed by atoms with E-state index in [-0.39, 0.29) is 0 Å². The summed E-state index contributed by atoms with van der Waals surface area (Å²) in [5.41, 5.74) is -1.03. The van der Waals surface area contributed by atoms with E-state index < -0.39 is 13.7 Å². The van der Waals surface area contributed by atoms with E-state index in [9.17, 15) is 0 Å². The lowest BCUT2D eigenvalue weighted by atomic mass is 10.00. The van der Waals surface area contributed by atoms with Crippen LogP contribution in [0.4, 0.5) is 4.39 Å². The minimum Gasteiger partial charge on any atom is -0.242 e. The second-order valence-corrected chi connectivity index (χ2v) is 12.0. The number of aromatic amines is 1. The number of H-pyrrole nitrogens is 1. The Morgan fingerprint density at radius 1 is 1.32 bits per heavy atom. The predicted molar refractivity (Wildman–Crippen MR) is 78.4 cm³/mol. The molecule has 1 atom stereocenters. The summed E-state index contributed by atoms with van der Waals surface area (Å²) in [6.07, 6.45) is 1.43. The molecule has 0 fully saturated rings. The lowest BCUT2D eigenvalue weighted by molar-refractivity contribution is 0.233. The zero-order valence-corrected chi connectivity index (χ0v) is 13.7. The van der Waals surface area contributed by atoms with Crippen molar-refractivity contribution < 1.29 is 4.39 Å². The Hall–Kier alpha value is -1.08. The monoisotopic (exact) mass is 342 g/mol. The predicted octanol–water partition coefficient (Wildman–Crippen LogP) is 3.51. The van der Waals surface area contributed by atoms with Crippen molar-refractivity contribution in [3.63, 3.8) is 0 Å². The summed E-state index contributed by atoms with van der Waals surface area (Å²) in [5.74, 6) is 0. The van der Waals surface area contributed by atoms with Gasteiger partial charge in [-0.15, -0.1) is 0 Å². The van der Waals surface area contributed by atoms with Gasteiger partial charge in [0.05, 0.1) is 11.9 Å². The standard InChI is InChI=1S/C12H16BrFN4Si/c1-19(2,3)8-12(14,10-7-15-18-17-10)9-5-4-6-11(13)16-9/h4-7H,8H2,1-3H3,(H,15,17,18)/t12-/m1/s1. The maximum Gasteiger partial charge on any atom is 0.195 e. The van der Waals surface area contributed by atoms with Gasteiger partial charge < -0.3 is 0 Å². The van der Waals surface area contributed by atoms with Gasteiger partial charge in [0.15, 0.2) is 5.67 Å². The Morgan fingerprint density at radius 3 is 2.58 bits per heavy atom. The zero-order valence-electron chi connectivity index (χ0n) is 11.1. The Kier molecular flexibility index (Phi) is 3.87. The molecule has 0 amide bonds. The van der Waals surface area contributed by atoms with E-state index >= 15 is 4.39 Å². The Labute approximate surface area is 121 Å². The van der Waals surface area contributed by atoms with Gasteiger partial charge in [-0.3, -0.25) is 0 Å². The molecule has 2 heterocycles. The lowest BCUT2D eigenvalue weighted by Gasteiger charge is -2.29. The largest absolute Gasteiger partial charge is 0.242 e. The van der Waals surface area contributed by atoms with Gasteiger partial charge >= 0.3 is 0 Å². The number of pyridine rings is 1. The van der Waals surface area contributed by atoms with E-state index in [4.69, 9.17) is 0 Å². The van der Waals surface area contributed by atoms with Crippen LogP contribution in [0.2, 0.25) is 25.7 Å². The Morgan fingerprint density at radius 2 is 2.05 bits per heavy atom. The van der Waals surface area contributed by atoms with Gasteiger partial charge in [0.2, 0.25) is 0 Å². The van der Waals surface area contributed by atoms with E-state index in [0.29, 0.717) is 22.0 Å². The molecule has 0 aliphatic carbocycles. The molecular formula is C12H16BrFN4Si. The summed E-state index contributed by atoms with van der Waals surface area (Å²) in [6, 6.07) is 5.67. The van der Waals surface area contributed by atoms with Crippen LogP contribution in [0.3, 0.4) is 0 Å². The summed E-state index contributed by atoms with van der Waals surface area (Å²) in [5, 5.41) is 10.1. The number of alkyl halides is 1. The minimum absolute atomic E-state index is 0.292. The van der Waals surface area contributed by atoms with E-state index in [1.165, 1.54) is 6.20 Å². The number of hydrogen-bond acceptors (Lipinski definition) is 3. The van der Waals surface area contributed by atoms with E-state index in [1.54, 1.807) is 18.2 Å². The lowest BCUT2D eigenvalue weighted by Crippen LogP contribution is -2.34. The first-order valence-corrected chi connectivity index (χ1v) is 10.5. The van der Waals surface area contributed by atoms with Crippen molar-refractivity contribution in [2.24, 2.45) is 0 Å². The molecule has 102 valence electrons. The highest BCUT2D eigenvalue weighted by molar-refractivity contribution is 9.10. The Bertz CT molecular complexity index is 555. The molecule has 0 saturated heterocycles. The van der Waals surface area contributed by atoms with E-state index in [2.05, 4.69) is 56.0 Å². The van der Waals surface area contributed by atoms with Gasteiger partial charge in [-0.1, -0.05) is 25.7 Å². The summed E-state index contributed by atoms with van der Waals surface area (Å²) in [6.45, 7) is 6.37. The van der Waals surface area contributed by atoms with Gasteiger partial charge in [0, 0.05) is 8.07 Å². The summed E-state index contributed by atoms with van der Waals surface area (Å²) < 4.78 is 16.2. The molecule has 2 rings (SSSR count). The van der Waals surface area contributed by atoms with Crippen molar-refractivity contribution in [3.8, 4) is 0 Å². The fourth-order valence-corrected chi connectivity index (χ4v) is 4.23. The molecule has 1 N–H and O–H groups in total. The average Bonchev–Trinajstić information content (AvgIpc) is 2.80. The molecule has 0 saturated carbocycles. The maximum absolute atomic E-state index is 15.6. The number of nitrogens with one attached hydrogen (secondary N) is 1. The molecule has 0 aromatic carbocycles. The molecule has 0 bridgehead atoms. The highest BCUT2D eigenvalue weighted by atomic mass is 79.9. The van der Waals surface area contributed by atoms with E-state index in [1.807, 2.05) is 0 Å². The molecule has 0 aliphatic heterocycles. The first-order chi connectivity index (χ1) is 8.81. The average molecular weight is 343 g/mol. The molecular weight excluding hydrogens is 327 g/mol. The van der Waals surface area contributed by atoms with Gasteiger partial charge in [-0.05, 0) is 34.1 Å². The normalized spacial score (nSPS) is 15.2. The molecule has 0 spiro atoms. The third kappa shape index (κ3) is 3.27. The molecule has 7 heteroatoms. The first kappa shape index (κ1) is 14.3. The van der Waals surface area contributed by atoms with Crippen LogP contribution in [0, 0.1) is 0 Å². The second kappa shape index (κ2) is 5.13. The molecule has 2 aromatic heterocycles. The van der Waals surface area contributed by atoms with E-state index in [0.717, 1.165) is 0 Å². The van der Waals surface area contributed by atoms with Crippen LogP contribution in [-0.2, 0) is 5.67 Å². The van der Waals surface area contributed by atoms with Gasteiger partial charge in [-0.25, -0.2) is 9.37 Å². The molecule has 4 nitrogen and oxygen atoms in total. The summed E-state index contributed by atoms with van der Waals surface area (Å²) in [4.78, 5) is 4.27. The van der Waals surface area contributed by atoms with Crippen LogP contribution in [-0.4, -0.2) is 28.5 Å². The number of hydrogen-bond donors (Lipinski definition) is 1. The number of rotatable bonds is 4. The van der Waals surface area contributed by atoms with Crippen molar-refractivity contribution in [1.29, 1.82) is 0 Å². The smallest absolute Gasteiger partial charge is 0.195 e. The highest BCUT2D eigenvalue weighted by Gasteiger charge is 2.42. The topological polar surface area (TPSA) is 54.5 Å². The SMILES string of the molecule is C[Si](C)(C)C[C@](F)(c1cn[nH]n1)c1cccc(Br)n1. The van der Waals surface area contributed by atoms with Gasteiger partial charge in [-0.2, -0.15) is 15.4 Å². The number of aromatic nitrogens is 4. The fraction of sp³-hybridized carbons (Fsp3) is 0.417. The molecule has 19 heavy (non-hydrogen) atoms. The van der Waals surface area contributed by atoms with Crippen molar-refractivity contribution in [2.75, 3.05) is 0 Å². The van der Waals surface area contributed by atoms with Crippen LogP contribution in [0.1, 0.15) is 11.4 Å². The van der Waals surface area contributed by atoms with Gasteiger partial charge in [0.1, 0.15) is 10.3 Å². The molecule has 2 aromatic rings. The first-order valence-electron chi connectivity index (χ1n) is 5.99. The zero-order chi connectivity index (χ0) is 14.1. The maximum atomic E-state index is 15.6. The minimum atomic E-state index is -1.69. The van der Waals surface area contributed by atoms with Crippen LogP contribution >= 0.6 is 15.9 Å². The summed E-state index contributed by atoms with van der Waals surface area (Å²) in [7, 11) is -1.66. The third-order valence-corrected chi connectivity index (χ3v) is 4.71. The highest BCUT2D eigenvalue weighted by Crippen LogP contribution is 2.39. The third-order valence-electron chi connectivity index (χ3n) is 2.72. The van der Waals surface area contributed by atoms with Crippen LogP contribution in [0.15, 0.2) is 29.0 Å². The quantitative estimate of drug-likeness (QED) is 0.683. The fourth-order valence-electron chi connectivity index (χ4n) is 2.06. The number of nitrogens with zero attached hydrogens (tertiary/aromatic N) is 3. The van der Waals surface area contributed by atoms with Crippen molar-refractivity contribution in [2.45, 2.75) is 31.4 Å². The van der Waals surface area contributed by atoms with Crippen LogP contribution in [0.5, 0.6) is 0 Å². The van der Waals surface area contributed by atoms with Crippen LogP contribution in [0.25, 0.3) is 0 Å². The summed E-state index contributed by atoms with van der Waals surface area (Å²) >= 11 is 3.29. The van der Waals surface area contributed by atoms with Crippen LogP contribution < -0.4 is 0 Å². The second-order valence-electron chi connectivity index (χ2n) is 5.74. The number of halogens is 2. The Balaban J connectivity index is 2.51. The van der Waals surface area contributed by atoms with Crippen molar-refractivity contribution in [3.05, 3.63) is 40.4 Å². The van der Waals surface area contributed by atoms with Gasteiger partial charge in [0.25, 0.3) is 0 Å². The van der Waals surface area contributed by atoms with Crippen molar-refractivity contribution >= 4 is 24.0 Å². The molecule has 0 unspecified atom stereocenters. The van der Waals surface area contributed by atoms with Crippen molar-refractivity contribution in [1.82, 2.24) is 20.4 Å². The molecule has 0 radical (unpaired) electrons.